The molecule has 0 bridgehead atoms. The first kappa shape index (κ1) is 11.5. The standard InChI is InChI=1S/C13H13FN2O/c1-3-10-7-12(17)16-13(15-10)9-4-5-11(14)8(2)6-9/h4-7H,3H2,1-2H3,(H,15,16,17). The first-order valence-corrected chi connectivity index (χ1v) is 5.47. The van der Waals surface area contributed by atoms with Crippen molar-refractivity contribution in [2.24, 2.45) is 0 Å². The number of benzene rings is 1. The van der Waals surface area contributed by atoms with Crippen LogP contribution in [-0.4, -0.2) is 9.97 Å². The van der Waals surface area contributed by atoms with Gasteiger partial charge in [0.1, 0.15) is 11.6 Å². The first-order valence-electron chi connectivity index (χ1n) is 5.47. The predicted octanol–water partition coefficient (Wildman–Crippen LogP) is 2.45. The summed E-state index contributed by atoms with van der Waals surface area (Å²) in [5.41, 5.74) is 1.79. The van der Waals surface area contributed by atoms with Gasteiger partial charge in [0, 0.05) is 17.3 Å². The number of hydrogen-bond acceptors (Lipinski definition) is 2. The van der Waals surface area contributed by atoms with Gasteiger partial charge in [0.05, 0.1) is 0 Å². The van der Waals surface area contributed by atoms with Crippen LogP contribution in [-0.2, 0) is 6.42 Å². The van der Waals surface area contributed by atoms with E-state index in [2.05, 4.69) is 9.97 Å². The number of rotatable bonds is 2. The number of aromatic nitrogens is 2. The van der Waals surface area contributed by atoms with Gasteiger partial charge in [-0.2, -0.15) is 0 Å². The number of nitrogens with one attached hydrogen (secondary N) is 1. The minimum absolute atomic E-state index is 0.186. The van der Waals surface area contributed by atoms with Crippen molar-refractivity contribution in [3.8, 4) is 11.4 Å². The van der Waals surface area contributed by atoms with Crippen LogP contribution in [0.3, 0.4) is 0 Å². The summed E-state index contributed by atoms with van der Waals surface area (Å²) in [5, 5.41) is 0. The number of nitrogens with zero attached hydrogens (tertiary/aromatic N) is 1. The van der Waals surface area contributed by atoms with Crippen molar-refractivity contribution in [1.29, 1.82) is 0 Å². The van der Waals surface area contributed by atoms with Gasteiger partial charge < -0.3 is 4.98 Å². The lowest BCUT2D eigenvalue weighted by molar-refractivity contribution is 0.618. The Kier molecular flexibility index (Phi) is 3.04. The molecule has 2 aromatic rings. The van der Waals surface area contributed by atoms with E-state index in [1.165, 1.54) is 12.1 Å². The maximum atomic E-state index is 13.1. The van der Waals surface area contributed by atoms with Crippen LogP contribution in [0.25, 0.3) is 11.4 Å². The van der Waals surface area contributed by atoms with Gasteiger partial charge in [0.2, 0.25) is 0 Å². The van der Waals surface area contributed by atoms with Crippen LogP contribution >= 0.6 is 0 Å². The first-order chi connectivity index (χ1) is 8.10. The van der Waals surface area contributed by atoms with Gasteiger partial charge in [0.15, 0.2) is 0 Å². The molecule has 0 unspecified atom stereocenters. The fraction of sp³-hybridized carbons (Fsp3) is 0.231. The lowest BCUT2D eigenvalue weighted by Gasteiger charge is -2.04. The van der Waals surface area contributed by atoms with Crippen molar-refractivity contribution in [3.05, 3.63) is 51.7 Å². The minimum Gasteiger partial charge on any atom is -0.307 e. The Labute approximate surface area is 98.3 Å². The van der Waals surface area contributed by atoms with Crippen LogP contribution in [0.15, 0.2) is 29.1 Å². The lowest BCUT2D eigenvalue weighted by Crippen LogP contribution is -2.10. The monoisotopic (exact) mass is 232 g/mol. The summed E-state index contributed by atoms with van der Waals surface area (Å²) in [6.45, 7) is 3.61. The maximum Gasteiger partial charge on any atom is 0.251 e. The second-order valence-corrected chi connectivity index (χ2v) is 3.90. The Morgan fingerprint density at radius 3 is 2.76 bits per heavy atom. The Hall–Kier alpha value is -1.97. The summed E-state index contributed by atoms with van der Waals surface area (Å²) in [6, 6.07) is 6.14. The van der Waals surface area contributed by atoms with Gasteiger partial charge >= 0.3 is 0 Å². The molecule has 1 aromatic heterocycles. The molecule has 2 rings (SSSR count). The zero-order valence-corrected chi connectivity index (χ0v) is 9.75. The van der Waals surface area contributed by atoms with Gasteiger partial charge in [-0.25, -0.2) is 9.37 Å². The second kappa shape index (κ2) is 4.49. The molecule has 0 fully saturated rings. The molecule has 88 valence electrons. The Balaban J connectivity index is 2.55. The molecule has 0 saturated heterocycles. The molecule has 0 aliphatic carbocycles. The third kappa shape index (κ3) is 2.41. The number of hydrogen-bond donors (Lipinski definition) is 1. The van der Waals surface area contributed by atoms with Gasteiger partial charge in [-0.1, -0.05) is 6.92 Å². The summed E-state index contributed by atoms with van der Waals surface area (Å²) >= 11 is 0. The molecule has 0 aliphatic rings. The Morgan fingerprint density at radius 1 is 1.35 bits per heavy atom. The van der Waals surface area contributed by atoms with Crippen LogP contribution in [0.4, 0.5) is 4.39 Å². The molecule has 0 saturated carbocycles. The molecule has 4 heteroatoms. The van der Waals surface area contributed by atoms with Crippen molar-refractivity contribution in [2.75, 3.05) is 0 Å². The third-order valence-electron chi connectivity index (χ3n) is 2.59. The summed E-state index contributed by atoms with van der Waals surface area (Å²) in [6.07, 6.45) is 0.692. The molecule has 3 nitrogen and oxygen atoms in total. The Morgan fingerprint density at radius 2 is 2.12 bits per heavy atom. The maximum absolute atomic E-state index is 13.1. The zero-order valence-electron chi connectivity index (χ0n) is 9.75. The van der Waals surface area contributed by atoms with Crippen molar-refractivity contribution in [3.63, 3.8) is 0 Å². The predicted molar refractivity (Wildman–Crippen MR) is 64.4 cm³/mol. The fourth-order valence-electron chi connectivity index (χ4n) is 1.62. The fourth-order valence-corrected chi connectivity index (χ4v) is 1.62. The average Bonchev–Trinajstić information content (AvgIpc) is 2.32. The van der Waals surface area contributed by atoms with Crippen LogP contribution < -0.4 is 5.56 Å². The van der Waals surface area contributed by atoms with Crippen LogP contribution in [0.2, 0.25) is 0 Å². The van der Waals surface area contributed by atoms with E-state index in [9.17, 15) is 9.18 Å². The van der Waals surface area contributed by atoms with Gasteiger partial charge in [-0.05, 0) is 37.1 Å². The molecule has 0 spiro atoms. The molecule has 1 N–H and O–H groups in total. The number of halogens is 1. The van der Waals surface area contributed by atoms with Crippen LogP contribution in [0.1, 0.15) is 18.2 Å². The van der Waals surface area contributed by atoms with E-state index in [1.807, 2.05) is 6.92 Å². The molecule has 0 aliphatic heterocycles. The molecule has 1 heterocycles. The molecule has 0 amide bonds. The largest absolute Gasteiger partial charge is 0.307 e. The van der Waals surface area contributed by atoms with E-state index < -0.39 is 0 Å². The summed E-state index contributed by atoms with van der Waals surface area (Å²) < 4.78 is 13.1. The van der Waals surface area contributed by atoms with Gasteiger partial charge in [-0.15, -0.1) is 0 Å². The van der Waals surface area contributed by atoms with Gasteiger partial charge in [0.25, 0.3) is 5.56 Å². The molecular weight excluding hydrogens is 219 g/mol. The molecular formula is C13H13FN2O. The normalized spacial score (nSPS) is 10.5. The highest BCUT2D eigenvalue weighted by atomic mass is 19.1. The zero-order chi connectivity index (χ0) is 12.4. The molecule has 17 heavy (non-hydrogen) atoms. The van der Waals surface area contributed by atoms with E-state index >= 15 is 0 Å². The summed E-state index contributed by atoms with van der Waals surface area (Å²) in [4.78, 5) is 18.4. The van der Waals surface area contributed by atoms with E-state index in [1.54, 1.807) is 19.1 Å². The molecule has 1 aromatic carbocycles. The second-order valence-electron chi connectivity index (χ2n) is 3.90. The lowest BCUT2D eigenvalue weighted by atomic mass is 10.1. The number of aryl methyl sites for hydroxylation is 2. The van der Waals surface area contributed by atoms with Gasteiger partial charge in [-0.3, -0.25) is 4.79 Å². The minimum atomic E-state index is -0.261. The topological polar surface area (TPSA) is 45.8 Å². The Bertz CT molecular complexity index is 605. The smallest absolute Gasteiger partial charge is 0.251 e. The molecule has 0 atom stereocenters. The summed E-state index contributed by atoms with van der Waals surface area (Å²) in [7, 11) is 0. The van der Waals surface area contributed by atoms with E-state index in [0.29, 0.717) is 17.8 Å². The quantitative estimate of drug-likeness (QED) is 0.864. The third-order valence-corrected chi connectivity index (χ3v) is 2.59. The number of H-pyrrole nitrogens is 1. The van der Waals surface area contributed by atoms with E-state index in [-0.39, 0.29) is 11.4 Å². The molecule has 0 radical (unpaired) electrons. The highest BCUT2D eigenvalue weighted by Crippen LogP contribution is 2.17. The van der Waals surface area contributed by atoms with Crippen molar-refractivity contribution in [1.82, 2.24) is 9.97 Å². The SMILES string of the molecule is CCc1cc(=O)[nH]c(-c2ccc(F)c(C)c2)n1. The van der Waals surface area contributed by atoms with Crippen LogP contribution in [0, 0.1) is 12.7 Å². The van der Waals surface area contributed by atoms with E-state index in [4.69, 9.17) is 0 Å². The van der Waals surface area contributed by atoms with Crippen molar-refractivity contribution >= 4 is 0 Å². The summed E-state index contributed by atoms with van der Waals surface area (Å²) in [5.74, 6) is 0.222. The van der Waals surface area contributed by atoms with E-state index in [0.717, 1.165) is 11.3 Å². The van der Waals surface area contributed by atoms with Crippen LogP contribution in [0.5, 0.6) is 0 Å². The number of aromatic amines is 1. The average molecular weight is 232 g/mol. The van der Waals surface area contributed by atoms with Crippen molar-refractivity contribution in [2.45, 2.75) is 20.3 Å². The van der Waals surface area contributed by atoms with Crippen molar-refractivity contribution < 1.29 is 4.39 Å². The highest BCUT2D eigenvalue weighted by Gasteiger charge is 2.05. The highest BCUT2D eigenvalue weighted by molar-refractivity contribution is 5.56.